The van der Waals surface area contributed by atoms with Crippen molar-refractivity contribution in [2.45, 2.75) is 83.5 Å². The van der Waals surface area contributed by atoms with Crippen LogP contribution in [0.25, 0.3) is 0 Å². The smallest absolute Gasteiger partial charge is 0.181 e. The maximum absolute atomic E-state index is 10.7. The Bertz CT molecular complexity index is 1010. The molecule has 41 heavy (non-hydrogen) atoms. The summed E-state index contributed by atoms with van der Waals surface area (Å²) in [4.78, 5) is 4.35. The summed E-state index contributed by atoms with van der Waals surface area (Å²) in [7, 11) is 0. The van der Waals surface area contributed by atoms with Gasteiger partial charge in [0.15, 0.2) is 29.9 Å². The molecule has 2 aliphatic heterocycles. The normalized spacial score (nSPS) is 18.9. The number of phenolic OH excluding ortho intramolecular Hbond substituents is 1. The number of hydrogen-bond donors (Lipinski definition) is 6. The van der Waals surface area contributed by atoms with E-state index < -0.39 is 12.2 Å². The first-order valence-electron chi connectivity index (χ1n) is 15.0. The van der Waals surface area contributed by atoms with Crippen LogP contribution in [0.3, 0.4) is 0 Å². The zero-order chi connectivity index (χ0) is 29.6. The second kappa shape index (κ2) is 17.4. The first kappa shape index (κ1) is 33.0. The maximum atomic E-state index is 10.7. The average molecular weight is 573 g/mol. The summed E-state index contributed by atoms with van der Waals surface area (Å²) >= 11 is 0. The number of nitrogens with one attached hydrogen (secondary N) is 1. The second-order valence-corrected chi connectivity index (χ2v) is 11.2. The second-order valence-electron chi connectivity index (χ2n) is 11.2. The number of aromatic hydroxyl groups is 1. The molecule has 8 N–H and O–H groups in total. The molecular weight excluding hydrogens is 522 g/mol. The number of rotatable bonds is 20. The number of ether oxygens (including phenoxy) is 2. The van der Waals surface area contributed by atoms with E-state index in [0.717, 1.165) is 61.5 Å². The van der Waals surface area contributed by atoms with Crippen LogP contribution in [0.15, 0.2) is 46.5 Å². The van der Waals surface area contributed by atoms with Crippen molar-refractivity contribution in [1.82, 2.24) is 5.32 Å². The van der Waals surface area contributed by atoms with E-state index >= 15 is 0 Å². The molecule has 0 bridgehead atoms. The van der Waals surface area contributed by atoms with E-state index in [1.165, 1.54) is 12.8 Å². The van der Waals surface area contributed by atoms with Gasteiger partial charge in [-0.1, -0.05) is 25.3 Å². The Kier molecular flexibility index (Phi) is 14.0. The lowest BCUT2D eigenvalue weighted by Gasteiger charge is -2.19. The van der Waals surface area contributed by atoms with E-state index in [-0.39, 0.29) is 31.0 Å². The number of aliphatic hydroxyl groups is 5. The van der Waals surface area contributed by atoms with Crippen molar-refractivity contribution < 1.29 is 29.9 Å². The van der Waals surface area contributed by atoms with Gasteiger partial charge in [0.05, 0.1) is 24.2 Å². The molecule has 0 amide bonds. The molecule has 2 heterocycles. The van der Waals surface area contributed by atoms with E-state index in [9.17, 15) is 20.4 Å². The molecular formula is C32H50N3O6+. The van der Waals surface area contributed by atoms with Crippen molar-refractivity contribution in [2.24, 2.45) is 16.6 Å². The van der Waals surface area contributed by atoms with E-state index in [4.69, 9.17) is 15.2 Å². The highest BCUT2D eigenvalue weighted by atomic mass is 16.5. The molecule has 1 aromatic carbocycles. The van der Waals surface area contributed by atoms with Gasteiger partial charge >= 0.3 is 0 Å². The average Bonchev–Trinajstić information content (AvgIpc) is 3.61. The minimum atomic E-state index is -0.933. The van der Waals surface area contributed by atoms with Crippen LogP contribution in [0.2, 0.25) is 0 Å². The Balaban J connectivity index is 1.44. The van der Waals surface area contributed by atoms with E-state index in [0.29, 0.717) is 31.3 Å². The Morgan fingerprint density at radius 3 is 2.68 bits per heavy atom. The number of unbranched alkanes of at least 4 members (excludes halogenated alkanes) is 4. The van der Waals surface area contributed by atoms with E-state index in [1.54, 1.807) is 25.3 Å². The van der Waals surface area contributed by atoms with Crippen LogP contribution in [-0.2, 0) is 6.42 Å². The van der Waals surface area contributed by atoms with Gasteiger partial charge in [-0.25, -0.2) is 0 Å². The third kappa shape index (κ3) is 11.0. The number of aliphatic hydroxyl groups excluding tert-OH is 3. The molecule has 1 unspecified atom stereocenters. The number of benzene rings is 1. The van der Waals surface area contributed by atoms with E-state index in [1.807, 2.05) is 18.2 Å². The number of nitrogens with zero attached hydrogens (tertiary/aromatic N) is 1. The fraction of sp³-hybridized carbons (Fsp3) is 0.594. The summed E-state index contributed by atoms with van der Waals surface area (Å²) in [5, 5.41) is 43.4. The van der Waals surface area contributed by atoms with Gasteiger partial charge < -0.3 is 41.0 Å². The molecule has 4 atom stereocenters. The van der Waals surface area contributed by atoms with Gasteiger partial charge in [-0.15, -0.1) is 16.6 Å². The summed E-state index contributed by atoms with van der Waals surface area (Å²) in [6, 6.07) is 5.79. The lowest BCUT2D eigenvalue weighted by atomic mass is 10.0. The van der Waals surface area contributed by atoms with Crippen molar-refractivity contribution in [3.63, 3.8) is 0 Å². The molecule has 3 rings (SSSR count). The predicted molar refractivity (Wildman–Crippen MR) is 163 cm³/mol. The summed E-state index contributed by atoms with van der Waals surface area (Å²) in [5.41, 5.74) is 8.54. The third-order valence-electron chi connectivity index (χ3n) is 7.53. The van der Waals surface area contributed by atoms with Gasteiger partial charge in [0, 0.05) is 26.1 Å². The lowest BCUT2D eigenvalue weighted by molar-refractivity contribution is -0.0552. The number of hydrogen-bond acceptors (Lipinski definition) is 8. The molecule has 228 valence electrons. The molecule has 1 aromatic rings. The fourth-order valence-corrected chi connectivity index (χ4v) is 5.01. The minimum absolute atomic E-state index is 0.0158. The summed E-state index contributed by atoms with van der Waals surface area (Å²) < 4.78 is 10.7. The largest absolute Gasteiger partial charge is 0.504 e. The Morgan fingerprint density at radius 2 is 1.93 bits per heavy atom. The molecule has 0 fully saturated rings. The van der Waals surface area contributed by atoms with Gasteiger partial charge in [0.1, 0.15) is 18.3 Å². The molecule has 9 nitrogen and oxygen atoms in total. The summed E-state index contributed by atoms with van der Waals surface area (Å²) in [6.45, 7) is 5.77. The van der Waals surface area contributed by atoms with Gasteiger partial charge in [-0.3, -0.25) is 0 Å². The Labute approximate surface area is 245 Å². The third-order valence-corrected chi connectivity index (χ3v) is 7.53. The predicted octanol–water partition coefficient (Wildman–Crippen LogP) is 2.87. The van der Waals surface area contributed by atoms with Gasteiger partial charge in [0.2, 0.25) is 0 Å². The highest BCUT2D eigenvalue weighted by Gasteiger charge is 2.32. The van der Waals surface area contributed by atoms with Crippen molar-refractivity contribution in [2.75, 3.05) is 32.8 Å². The van der Waals surface area contributed by atoms with Crippen LogP contribution in [0.1, 0.15) is 64.4 Å². The first-order valence-corrected chi connectivity index (χ1v) is 15.0. The maximum Gasteiger partial charge on any atom is 0.181 e. The minimum Gasteiger partial charge on any atom is -0.504 e. The molecule has 0 spiro atoms. The summed E-state index contributed by atoms with van der Waals surface area (Å²) in [5.74, 6) is 0.511. The van der Waals surface area contributed by atoms with Crippen LogP contribution >= 0.6 is 0 Å². The number of aliphatic imine (C=N–C) groups is 1. The van der Waals surface area contributed by atoms with Gasteiger partial charge in [-0.2, -0.15) is 0 Å². The molecule has 0 aromatic heterocycles. The number of nitrogens with two attached hydrogens (primary N) is 1. The molecule has 2 aliphatic rings. The highest BCUT2D eigenvalue weighted by Crippen LogP contribution is 2.32. The van der Waals surface area contributed by atoms with Crippen molar-refractivity contribution in [3.05, 3.63) is 59.2 Å². The highest BCUT2D eigenvalue weighted by molar-refractivity contribution is 5.84. The Morgan fingerprint density at radius 1 is 1.15 bits per heavy atom. The topological polar surface area (TPSA) is 153 Å². The van der Waals surface area contributed by atoms with Crippen LogP contribution in [-0.4, -0.2) is 82.5 Å². The zero-order valence-electron chi connectivity index (χ0n) is 24.6. The van der Waals surface area contributed by atoms with Crippen molar-refractivity contribution >= 4 is 6.21 Å². The molecule has 9 heteroatoms. The monoisotopic (exact) mass is 572 g/mol. The van der Waals surface area contributed by atoms with Crippen molar-refractivity contribution in [3.8, 4) is 11.5 Å². The molecule has 0 aliphatic carbocycles. The standard InChI is InChI=1S/C32H49N3O6/c1-22(17-34-18-23(2)37)25-16-28(35-19-25)30(39)21-40-32-14-24(10-12-29(32)38)9-11-27-15-26(20-36)31(41-27)8-6-4-3-5-7-13-33/h10,12,14-16,19,22-23,30-31,34,36-37,39,41H,3-9,11,13,17-18,20-21,33H2,1-2H3/p+1/t22-,23-,30-,31?/m0/s1. The SMILES string of the molecule is C[C@H](O)CNC[C@H](C)C1=C[C+]([C@@H](O)COc2cc(CC[C-]3C=C(CO)C(CCCCCCCN)[OH+]3)ccc2O)N=C1. The van der Waals surface area contributed by atoms with Crippen molar-refractivity contribution in [1.29, 1.82) is 0 Å². The lowest BCUT2D eigenvalue weighted by Crippen LogP contribution is -2.29. The quantitative estimate of drug-likeness (QED) is 0.0798. The van der Waals surface area contributed by atoms with Crippen LogP contribution in [0.5, 0.6) is 11.5 Å². The summed E-state index contributed by atoms with van der Waals surface area (Å²) in [6.07, 6.45) is 13.5. The van der Waals surface area contributed by atoms with Crippen LogP contribution in [0.4, 0.5) is 0 Å². The number of phenols is 1. The number of aryl methyl sites for hydroxylation is 1. The molecule has 0 saturated heterocycles. The van der Waals surface area contributed by atoms with Crippen LogP contribution in [0, 0.1) is 18.1 Å². The van der Waals surface area contributed by atoms with Crippen LogP contribution < -0.4 is 15.8 Å². The molecule has 0 saturated carbocycles. The Hall–Kier alpha value is -2.53. The molecule has 0 radical (unpaired) electrons. The van der Waals surface area contributed by atoms with Gasteiger partial charge in [-0.05, 0) is 63.8 Å². The fourth-order valence-electron chi connectivity index (χ4n) is 5.01. The van der Waals surface area contributed by atoms with E-state index in [2.05, 4.69) is 17.2 Å². The zero-order valence-corrected chi connectivity index (χ0v) is 24.6. The first-order chi connectivity index (χ1) is 19.8. The van der Waals surface area contributed by atoms with Gasteiger partial charge in [0.25, 0.3) is 0 Å².